The van der Waals surface area contributed by atoms with Gasteiger partial charge in [-0.25, -0.2) is 13.1 Å². The molecule has 0 radical (unpaired) electrons. The fourth-order valence-electron chi connectivity index (χ4n) is 3.75. The maximum atomic E-state index is 12.6. The quantitative estimate of drug-likeness (QED) is 0.626. The normalized spacial score (nSPS) is 19.5. The van der Waals surface area contributed by atoms with Crippen LogP contribution < -0.4 is 20.5 Å². The van der Waals surface area contributed by atoms with Gasteiger partial charge >= 0.3 is 0 Å². The van der Waals surface area contributed by atoms with Crippen LogP contribution in [0.4, 0.5) is 5.69 Å². The molecule has 0 spiro atoms. The van der Waals surface area contributed by atoms with E-state index in [-0.39, 0.29) is 28.0 Å². The molecule has 0 atom stereocenters. The zero-order valence-corrected chi connectivity index (χ0v) is 16.6. The number of ether oxygens (including phenoxy) is 1. The second-order valence-corrected chi connectivity index (χ2v) is 9.43. The molecule has 0 aromatic heterocycles. The van der Waals surface area contributed by atoms with Crippen LogP contribution in [0.1, 0.15) is 51.4 Å². The van der Waals surface area contributed by atoms with E-state index in [4.69, 9.17) is 10.5 Å². The minimum absolute atomic E-state index is 0.00586. The van der Waals surface area contributed by atoms with Crippen molar-refractivity contribution >= 4 is 21.6 Å². The van der Waals surface area contributed by atoms with E-state index in [2.05, 4.69) is 10.0 Å². The number of sulfonamides is 1. The van der Waals surface area contributed by atoms with E-state index in [1.54, 1.807) is 12.1 Å². The van der Waals surface area contributed by atoms with Gasteiger partial charge < -0.3 is 15.8 Å². The Bertz CT molecular complexity index is 784. The van der Waals surface area contributed by atoms with Crippen LogP contribution in [0.15, 0.2) is 23.1 Å². The fraction of sp³-hybridized carbons (Fsp3) is 0.632. The van der Waals surface area contributed by atoms with Crippen LogP contribution in [-0.4, -0.2) is 34.0 Å². The van der Waals surface area contributed by atoms with E-state index in [0.717, 1.165) is 38.5 Å². The van der Waals surface area contributed by atoms with Crippen LogP contribution in [0, 0.1) is 5.41 Å². The van der Waals surface area contributed by atoms with Crippen molar-refractivity contribution < 1.29 is 17.9 Å². The van der Waals surface area contributed by atoms with Crippen LogP contribution in [0.25, 0.3) is 0 Å². The number of carbonyl (C=O) groups excluding carboxylic acids is 1. The van der Waals surface area contributed by atoms with Crippen LogP contribution in [0.5, 0.6) is 5.75 Å². The lowest BCUT2D eigenvalue weighted by Gasteiger charge is -2.35. The molecule has 2 fully saturated rings. The molecular formula is C19H29N3O4S. The molecule has 4 N–H and O–H groups in total. The van der Waals surface area contributed by atoms with Crippen LogP contribution in [0.3, 0.4) is 0 Å². The van der Waals surface area contributed by atoms with Gasteiger partial charge in [0.1, 0.15) is 10.6 Å². The van der Waals surface area contributed by atoms with Crippen molar-refractivity contribution in [1.29, 1.82) is 0 Å². The molecule has 0 heterocycles. The summed E-state index contributed by atoms with van der Waals surface area (Å²) in [6.07, 6.45) is 7.37. The Balaban J connectivity index is 1.74. The molecular weight excluding hydrogens is 366 g/mol. The van der Waals surface area contributed by atoms with Gasteiger partial charge in [0.05, 0.1) is 7.11 Å². The Labute approximate surface area is 161 Å². The number of nitrogens with two attached hydrogens (primary N) is 1. The number of benzene rings is 1. The summed E-state index contributed by atoms with van der Waals surface area (Å²) >= 11 is 0. The predicted molar refractivity (Wildman–Crippen MR) is 104 cm³/mol. The zero-order chi connectivity index (χ0) is 19.5. The van der Waals surface area contributed by atoms with Crippen molar-refractivity contribution in [2.75, 3.05) is 19.0 Å². The van der Waals surface area contributed by atoms with Crippen molar-refractivity contribution in [2.45, 2.75) is 62.3 Å². The molecule has 1 amide bonds. The SMILES string of the molecule is COc1ccc(NC(=O)CC2(CN)CCCCC2)cc1S(=O)(=O)NC1CC1. The minimum atomic E-state index is -3.69. The second-order valence-electron chi connectivity index (χ2n) is 7.75. The smallest absolute Gasteiger partial charge is 0.244 e. The molecule has 7 nitrogen and oxygen atoms in total. The maximum Gasteiger partial charge on any atom is 0.244 e. The Kier molecular flexibility index (Phi) is 6.08. The van der Waals surface area contributed by atoms with E-state index >= 15 is 0 Å². The predicted octanol–water partition coefficient (Wildman–Crippen LogP) is 2.37. The van der Waals surface area contributed by atoms with Gasteiger partial charge in [0.2, 0.25) is 15.9 Å². The zero-order valence-electron chi connectivity index (χ0n) is 15.8. The van der Waals surface area contributed by atoms with Gasteiger partial charge in [0, 0.05) is 18.2 Å². The standard InChI is InChI=1S/C19H29N3O4S/c1-26-16-8-7-15(11-17(16)27(24,25)22-14-5-6-14)21-18(23)12-19(13-20)9-3-2-4-10-19/h7-8,11,14,22H,2-6,9-10,12-13,20H2,1H3,(H,21,23). The summed E-state index contributed by atoms with van der Waals surface area (Å²) < 4.78 is 33.0. The van der Waals surface area contributed by atoms with Gasteiger partial charge in [-0.1, -0.05) is 19.3 Å². The summed E-state index contributed by atoms with van der Waals surface area (Å²) in [6, 6.07) is 4.67. The van der Waals surface area contributed by atoms with Gasteiger partial charge in [-0.05, 0) is 55.8 Å². The molecule has 0 unspecified atom stereocenters. The van der Waals surface area contributed by atoms with Gasteiger partial charge in [0.25, 0.3) is 0 Å². The van der Waals surface area contributed by atoms with Gasteiger partial charge in [0.15, 0.2) is 0 Å². The molecule has 0 aliphatic heterocycles. The molecule has 1 aromatic rings. The molecule has 27 heavy (non-hydrogen) atoms. The van der Waals surface area contributed by atoms with Crippen molar-refractivity contribution in [2.24, 2.45) is 11.1 Å². The molecule has 1 aromatic carbocycles. The van der Waals surface area contributed by atoms with E-state index < -0.39 is 10.0 Å². The first kappa shape index (κ1) is 20.1. The van der Waals surface area contributed by atoms with E-state index in [9.17, 15) is 13.2 Å². The summed E-state index contributed by atoms with van der Waals surface area (Å²) in [5, 5.41) is 2.84. The number of anilines is 1. The summed E-state index contributed by atoms with van der Waals surface area (Å²) in [5.41, 5.74) is 6.27. The second kappa shape index (κ2) is 8.16. The molecule has 8 heteroatoms. The van der Waals surface area contributed by atoms with Crippen LogP contribution in [-0.2, 0) is 14.8 Å². The van der Waals surface area contributed by atoms with Crippen molar-refractivity contribution in [3.05, 3.63) is 18.2 Å². The first-order chi connectivity index (χ1) is 12.9. The highest BCUT2D eigenvalue weighted by Gasteiger charge is 2.33. The molecule has 2 saturated carbocycles. The topological polar surface area (TPSA) is 111 Å². The number of rotatable bonds is 8. The molecule has 3 rings (SSSR count). The van der Waals surface area contributed by atoms with Gasteiger partial charge in [-0.2, -0.15) is 0 Å². The lowest BCUT2D eigenvalue weighted by Crippen LogP contribution is -2.36. The number of carbonyl (C=O) groups is 1. The third kappa shape index (κ3) is 5.00. The maximum absolute atomic E-state index is 12.6. The van der Waals surface area contributed by atoms with Crippen molar-refractivity contribution in [3.63, 3.8) is 0 Å². The van der Waals surface area contributed by atoms with E-state index in [0.29, 0.717) is 18.7 Å². The number of methoxy groups -OCH3 is 1. The first-order valence-corrected chi connectivity index (χ1v) is 11.1. The summed E-state index contributed by atoms with van der Waals surface area (Å²) in [5.74, 6) is 0.123. The highest BCUT2D eigenvalue weighted by atomic mass is 32.2. The highest BCUT2D eigenvalue weighted by Crippen LogP contribution is 2.38. The highest BCUT2D eigenvalue weighted by molar-refractivity contribution is 7.89. The summed E-state index contributed by atoms with van der Waals surface area (Å²) in [4.78, 5) is 12.6. The van der Waals surface area contributed by atoms with Crippen molar-refractivity contribution in [1.82, 2.24) is 4.72 Å². The molecule has 2 aliphatic rings. The lowest BCUT2D eigenvalue weighted by atomic mass is 9.71. The number of hydrogen-bond acceptors (Lipinski definition) is 5. The largest absolute Gasteiger partial charge is 0.495 e. The third-order valence-corrected chi connectivity index (χ3v) is 7.06. The molecule has 150 valence electrons. The Morgan fingerprint density at radius 2 is 1.96 bits per heavy atom. The fourth-order valence-corrected chi connectivity index (χ4v) is 5.25. The van der Waals surface area contributed by atoms with Crippen LogP contribution in [0.2, 0.25) is 0 Å². The van der Waals surface area contributed by atoms with E-state index in [1.165, 1.54) is 19.6 Å². The van der Waals surface area contributed by atoms with Crippen molar-refractivity contribution in [3.8, 4) is 5.75 Å². The number of nitrogens with one attached hydrogen (secondary N) is 2. The number of amides is 1. The summed E-state index contributed by atoms with van der Waals surface area (Å²) in [6.45, 7) is 0.494. The monoisotopic (exact) mass is 395 g/mol. The average Bonchev–Trinajstić information content (AvgIpc) is 3.45. The minimum Gasteiger partial charge on any atom is -0.495 e. The summed E-state index contributed by atoms with van der Waals surface area (Å²) in [7, 11) is -2.26. The van der Waals surface area contributed by atoms with Gasteiger partial charge in [-0.15, -0.1) is 0 Å². The Morgan fingerprint density at radius 3 is 2.56 bits per heavy atom. The Hall–Kier alpha value is -1.64. The van der Waals surface area contributed by atoms with Gasteiger partial charge in [-0.3, -0.25) is 4.79 Å². The molecule has 0 bridgehead atoms. The molecule has 2 aliphatic carbocycles. The third-order valence-electron chi connectivity index (χ3n) is 5.52. The van der Waals surface area contributed by atoms with Crippen LogP contribution >= 0.6 is 0 Å². The van der Waals surface area contributed by atoms with E-state index in [1.807, 2.05) is 0 Å². The first-order valence-electron chi connectivity index (χ1n) is 9.58. The Morgan fingerprint density at radius 1 is 1.26 bits per heavy atom. The average molecular weight is 396 g/mol. The number of hydrogen-bond donors (Lipinski definition) is 3. The lowest BCUT2D eigenvalue weighted by molar-refractivity contribution is -0.118. The molecule has 0 saturated heterocycles.